The van der Waals surface area contributed by atoms with E-state index in [1.54, 1.807) is 14.2 Å². The third kappa shape index (κ3) is 5.79. The lowest BCUT2D eigenvalue weighted by molar-refractivity contribution is 0.211. The molecule has 1 aliphatic rings. The minimum atomic E-state index is 0.698. The lowest BCUT2D eigenvalue weighted by atomic mass is 10.2. The summed E-state index contributed by atoms with van der Waals surface area (Å²) in [7, 11) is 5.28. The lowest BCUT2D eigenvalue weighted by Gasteiger charge is -2.38. The topological polar surface area (TPSA) is 61.4 Å². The molecule has 7 heteroatoms. The van der Waals surface area contributed by atoms with Gasteiger partial charge in [-0.05, 0) is 29.8 Å². The molecule has 162 valence electrons. The SMILES string of the molecule is CN=C(NCc1ccc(NCCOC)cc1)N1CCN(c2ccccc2OC)CC1. The second-order valence-electron chi connectivity index (χ2n) is 7.16. The number of aliphatic imine (C=N–C) groups is 1. The van der Waals surface area contributed by atoms with E-state index < -0.39 is 0 Å². The van der Waals surface area contributed by atoms with Crippen LogP contribution in [0.3, 0.4) is 0 Å². The number of para-hydroxylation sites is 2. The van der Waals surface area contributed by atoms with Gasteiger partial charge < -0.3 is 29.9 Å². The van der Waals surface area contributed by atoms with Crippen molar-refractivity contribution in [2.75, 3.05) is 70.8 Å². The normalized spacial score (nSPS) is 14.6. The first-order chi connectivity index (χ1) is 14.7. The van der Waals surface area contributed by atoms with Crippen molar-refractivity contribution >= 4 is 17.3 Å². The van der Waals surface area contributed by atoms with E-state index in [-0.39, 0.29) is 0 Å². The van der Waals surface area contributed by atoms with Crippen molar-refractivity contribution in [1.29, 1.82) is 0 Å². The van der Waals surface area contributed by atoms with Gasteiger partial charge in [0, 0.05) is 59.1 Å². The van der Waals surface area contributed by atoms with Gasteiger partial charge in [0.05, 0.1) is 19.4 Å². The maximum Gasteiger partial charge on any atom is 0.194 e. The largest absolute Gasteiger partial charge is 0.495 e. The van der Waals surface area contributed by atoms with Gasteiger partial charge in [0.1, 0.15) is 5.75 Å². The van der Waals surface area contributed by atoms with E-state index in [9.17, 15) is 0 Å². The zero-order valence-electron chi connectivity index (χ0n) is 18.2. The van der Waals surface area contributed by atoms with Gasteiger partial charge in [0.15, 0.2) is 5.96 Å². The molecule has 1 heterocycles. The molecule has 1 aliphatic heterocycles. The van der Waals surface area contributed by atoms with Crippen LogP contribution in [0, 0.1) is 0 Å². The molecule has 1 fully saturated rings. The summed E-state index contributed by atoms with van der Waals surface area (Å²) in [5.74, 6) is 1.87. The third-order valence-electron chi connectivity index (χ3n) is 5.26. The molecule has 1 saturated heterocycles. The highest BCUT2D eigenvalue weighted by molar-refractivity contribution is 5.80. The van der Waals surface area contributed by atoms with Crippen LogP contribution in [0.25, 0.3) is 0 Å². The highest BCUT2D eigenvalue weighted by Gasteiger charge is 2.21. The molecule has 0 spiro atoms. The Hall–Kier alpha value is -2.93. The number of nitrogens with zero attached hydrogens (tertiary/aromatic N) is 3. The van der Waals surface area contributed by atoms with E-state index >= 15 is 0 Å². The molecule has 2 N–H and O–H groups in total. The van der Waals surface area contributed by atoms with Crippen LogP contribution >= 0.6 is 0 Å². The van der Waals surface area contributed by atoms with Crippen LogP contribution in [0.1, 0.15) is 5.56 Å². The molecular weight excluding hydrogens is 378 g/mol. The van der Waals surface area contributed by atoms with Crippen LogP contribution in [0.2, 0.25) is 0 Å². The predicted octanol–water partition coefficient (Wildman–Crippen LogP) is 2.65. The molecule has 0 radical (unpaired) electrons. The Bertz CT molecular complexity index is 801. The van der Waals surface area contributed by atoms with E-state index in [2.05, 4.69) is 61.8 Å². The molecule has 0 aliphatic carbocycles. The number of nitrogens with one attached hydrogen (secondary N) is 2. The molecular formula is C23H33N5O2. The van der Waals surface area contributed by atoms with Gasteiger partial charge in [-0.25, -0.2) is 0 Å². The van der Waals surface area contributed by atoms with Crippen LogP contribution < -0.4 is 20.3 Å². The van der Waals surface area contributed by atoms with Crippen molar-refractivity contribution in [3.8, 4) is 5.75 Å². The van der Waals surface area contributed by atoms with Gasteiger partial charge in [-0.15, -0.1) is 0 Å². The fourth-order valence-electron chi connectivity index (χ4n) is 3.60. The van der Waals surface area contributed by atoms with Gasteiger partial charge in [0.2, 0.25) is 0 Å². The highest BCUT2D eigenvalue weighted by atomic mass is 16.5. The van der Waals surface area contributed by atoms with E-state index in [1.807, 2.05) is 19.2 Å². The first-order valence-electron chi connectivity index (χ1n) is 10.4. The van der Waals surface area contributed by atoms with Gasteiger partial charge >= 0.3 is 0 Å². The fourth-order valence-corrected chi connectivity index (χ4v) is 3.60. The number of benzene rings is 2. The summed E-state index contributed by atoms with van der Waals surface area (Å²) >= 11 is 0. The highest BCUT2D eigenvalue weighted by Crippen LogP contribution is 2.28. The van der Waals surface area contributed by atoms with Gasteiger partial charge in [-0.2, -0.15) is 0 Å². The first kappa shape index (κ1) is 21.8. The smallest absolute Gasteiger partial charge is 0.194 e. The van der Waals surface area contributed by atoms with Crippen LogP contribution in [0.4, 0.5) is 11.4 Å². The first-order valence-corrected chi connectivity index (χ1v) is 10.4. The third-order valence-corrected chi connectivity index (χ3v) is 5.26. The average molecular weight is 412 g/mol. The molecule has 0 atom stereocenters. The Kier molecular flexibility index (Phi) is 8.20. The predicted molar refractivity (Wildman–Crippen MR) is 124 cm³/mol. The van der Waals surface area contributed by atoms with E-state index in [4.69, 9.17) is 9.47 Å². The maximum absolute atomic E-state index is 5.52. The minimum Gasteiger partial charge on any atom is -0.495 e. The molecule has 7 nitrogen and oxygen atoms in total. The molecule has 2 aromatic rings. The Morgan fingerprint density at radius 3 is 2.40 bits per heavy atom. The van der Waals surface area contributed by atoms with Crippen molar-refractivity contribution < 1.29 is 9.47 Å². The quantitative estimate of drug-likeness (QED) is 0.396. The number of hydrogen-bond acceptors (Lipinski definition) is 5. The standard InChI is InChI=1S/C23H33N5O2/c1-24-23(26-18-19-8-10-20(11-9-19)25-12-17-29-2)28-15-13-27(14-16-28)21-6-4-5-7-22(21)30-3/h4-11,25H,12-18H2,1-3H3,(H,24,26). The van der Waals surface area contributed by atoms with E-state index in [0.717, 1.165) is 62.4 Å². The van der Waals surface area contributed by atoms with Crippen molar-refractivity contribution in [2.45, 2.75) is 6.54 Å². The Labute approximate surface area is 179 Å². The van der Waals surface area contributed by atoms with Crippen molar-refractivity contribution in [3.63, 3.8) is 0 Å². The molecule has 0 saturated carbocycles. The van der Waals surface area contributed by atoms with Crippen LogP contribution in [-0.2, 0) is 11.3 Å². The molecule has 0 bridgehead atoms. The lowest BCUT2D eigenvalue weighted by Crippen LogP contribution is -2.52. The minimum absolute atomic E-state index is 0.698. The van der Waals surface area contributed by atoms with Crippen LogP contribution in [0.5, 0.6) is 5.75 Å². The zero-order valence-corrected chi connectivity index (χ0v) is 18.2. The Balaban J connectivity index is 1.49. The molecule has 0 unspecified atom stereocenters. The summed E-state index contributed by atoms with van der Waals surface area (Å²) in [4.78, 5) is 9.17. The summed E-state index contributed by atoms with van der Waals surface area (Å²) in [5, 5.41) is 6.83. The number of anilines is 2. The number of methoxy groups -OCH3 is 2. The maximum atomic E-state index is 5.52. The Morgan fingerprint density at radius 2 is 1.73 bits per heavy atom. The van der Waals surface area contributed by atoms with E-state index in [0.29, 0.717) is 6.61 Å². The molecule has 0 amide bonds. The number of hydrogen-bond donors (Lipinski definition) is 2. The van der Waals surface area contributed by atoms with Crippen LogP contribution in [0.15, 0.2) is 53.5 Å². The van der Waals surface area contributed by atoms with Crippen molar-refractivity contribution in [3.05, 3.63) is 54.1 Å². The second kappa shape index (κ2) is 11.3. The summed E-state index contributed by atoms with van der Waals surface area (Å²) in [6.45, 7) is 5.95. The van der Waals surface area contributed by atoms with Crippen LogP contribution in [-0.4, -0.2) is 71.5 Å². The number of ether oxygens (including phenoxy) is 2. The molecule has 3 rings (SSSR count). The Morgan fingerprint density at radius 1 is 1.00 bits per heavy atom. The number of piperazine rings is 1. The summed E-state index contributed by atoms with van der Waals surface area (Å²) in [5.41, 5.74) is 3.48. The summed E-state index contributed by atoms with van der Waals surface area (Å²) in [6.07, 6.45) is 0. The monoisotopic (exact) mass is 411 g/mol. The second-order valence-corrected chi connectivity index (χ2v) is 7.16. The fraction of sp³-hybridized carbons (Fsp3) is 0.435. The summed E-state index contributed by atoms with van der Waals surface area (Å²) < 4.78 is 10.6. The van der Waals surface area contributed by atoms with Gasteiger partial charge in [0.25, 0.3) is 0 Å². The summed E-state index contributed by atoms with van der Waals surface area (Å²) in [6, 6.07) is 16.7. The zero-order chi connectivity index (χ0) is 21.2. The van der Waals surface area contributed by atoms with Gasteiger partial charge in [-0.1, -0.05) is 24.3 Å². The van der Waals surface area contributed by atoms with Crippen molar-refractivity contribution in [2.24, 2.45) is 4.99 Å². The average Bonchev–Trinajstić information content (AvgIpc) is 2.81. The van der Waals surface area contributed by atoms with Gasteiger partial charge in [-0.3, -0.25) is 4.99 Å². The number of guanidine groups is 1. The van der Waals surface area contributed by atoms with E-state index in [1.165, 1.54) is 5.56 Å². The van der Waals surface area contributed by atoms with Crippen molar-refractivity contribution in [1.82, 2.24) is 10.2 Å². The molecule has 30 heavy (non-hydrogen) atoms. The number of rotatable bonds is 8. The molecule has 0 aromatic heterocycles. The molecule has 2 aromatic carbocycles.